The monoisotopic (exact) mass is 344 g/mol. The number of nitrogens with one attached hydrogen (secondary N) is 1. The highest BCUT2D eigenvalue weighted by Crippen LogP contribution is 2.29. The van der Waals surface area contributed by atoms with Crippen molar-refractivity contribution in [2.75, 3.05) is 20.6 Å². The molecule has 108 valence electrons. The van der Waals surface area contributed by atoms with Gasteiger partial charge in [-0.2, -0.15) is 0 Å². The average Bonchev–Trinajstić information content (AvgIpc) is 2.44. The summed E-state index contributed by atoms with van der Waals surface area (Å²) in [7, 11) is 4.15. The van der Waals surface area contributed by atoms with Gasteiger partial charge in [-0.15, -0.1) is 0 Å². The smallest absolute Gasteiger partial charge is 0.256 e. The third-order valence-electron chi connectivity index (χ3n) is 3.75. The lowest BCUT2D eigenvalue weighted by Crippen LogP contribution is -2.15. The van der Waals surface area contributed by atoms with Crippen molar-refractivity contribution in [3.8, 4) is 0 Å². The van der Waals surface area contributed by atoms with Gasteiger partial charge < -0.3 is 9.88 Å². The molecule has 0 amide bonds. The molecule has 0 fully saturated rings. The number of benzene rings is 2. The van der Waals surface area contributed by atoms with Crippen LogP contribution < -0.4 is 5.56 Å². The van der Waals surface area contributed by atoms with Gasteiger partial charge in [0.1, 0.15) is 0 Å². The fourth-order valence-electron chi connectivity index (χ4n) is 2.71. The number of pyridine rings is 1. The highest BCUT2D eigenvalue weighted by molar-refractivity contribution is 9.10. The summed E-state index contributed by atoms with van der Waals surface area (Å²) in [5, 5.41) is 3.93. The number of aromatic amines is 1. The fourth-order valence-corrected chi connectivity index (χ4v) is 3.07. The van der Waals surface area contributed by atoms with E-state index in [4.69, 9.17) is 0 Å². The van der Waals surface area contributed by atoms with Gasteiger partial charge in [-0.1, -0.05) is 28.1 Å². The highest BCUT2D eigenvalue weighted by atomic mass is 79.9. The highest BCUT2D eigenvalue weighted by Gasteiger charge is 2.10. The Kier molecular flexibility index (Phi) is 3.83. The average molecular weight is 345 g/mol. The van der Waals surface area contributed by atoms with Gasteiger partial charge in [0, 0.05) is 17.2 Å². The van der Waals surface area contributed by atoms with Crippen molar-refractivity contribution < 1.29 is 0 Å². The van der Waals surface area contributed by atoms with Gasteiger partial charge in [-0.3, -0.25) is 4.79 Å². The van der Waals surface area contributed by atoms with Crippen LogP contribution in [0.3, 0.4) is 0 Å². The number of nitrogens with zero attached hydrogens (tertiary/aromatic N) is 1. The largest absolute Gasteiger partial charge is 0.329 e. The zero-order valence-corrected chi connectivity index (χ0v) is 13.7. The molecule has 3 rings (SSSR count). The number of hydrogen-bond donors (Lipinski definition) is 1. The van der Waals surface area contributed by atoms with Crippen LogP contribution in [0.15, 0.2) is 45.8 Å². The minimum absolute atomic E-state index is 0.0326. The molecule has 0 radical (unpaired) electrons. The Balaban J connectivity index is 2.35. The topological polar surface area (TPSA) is 36.1 Å². The van der Waals surface area contributed by atoms with Crippen molar-refractivity contribution >= 4 is 37.5 Å². The number of likely N-dealkylation sites (N-methyl/N-ethyl adjacent to an activating group) is 1. The van der Waals surface area contributed by atoms with Crippen LogP contribution in [0.1, 0.15) is 5.56 Å². The van der Waals surface area contributed by atoms with Gasteiger partial charge in [0.05, 0.1) is 5.39 Å². The molecule has 4 heteroatoms. The molecule has 0 aliphatic carbocycles. The number of H-pyrrole nitrogens is 1. The van der Waals surface area contributed by atoms with Crippen molar-refractivity contribution in [1.82, 2.24) is 9.88 Å². The Morgan fingerprint density at radius 2 is 1.95 bits per heavy atom. The van der Waals surface area contributed by atoms with E-state index in [9.17, 15) is 4.79 Å². The summed E-state index contributed by atoms with van der Waals surface area (Å²) in [6.45, 7) is 0.986. The van der Waals surface area contributed by atoms with Crippen LogP contribution in [-0.4, -0.2) is 30.5 Å². The summed E-state index contributed by atoms with van der Waals surface area (Å²) in [4.78, 5) is 17.2. The molecule has 1 aromatic heterocycles. The Morgan fingerprint density at radius 3 is 2.71 bits per heavy atom. The first kappa shape index (κ1) is 14.3. The van der Waals surface area contributed by atoms with Crippen molar-refractivity contribution in [2.24, 2.45) is 0 Å². The Labute approximate surface area is 131 Å². The molecule has 0 saturated heterocycles. The quantitative estimate of drug-likeness (QED) is 0.737. The van der Waals surface area contributed by atoms with E-state index in [-0.39, 0.29) is 5.56 Å². The van der Waals surface area contributed by atoms with Gasteiger partial charge >= 0.3 is 0 Å². The number of fused-ring (bicyclic) bond motifs is 3. The van der Waals surface area contributed by atoms with Crippen molar-refractivity contribution in [3.05, 3.63) is 56.9 Å². The van der Waals surface area contributed by atoms with Crippen LogP contribution in [0.4, 0.5) is 0 Å². The standard InChI is InChI=1S/C17H17BrN2O/c1-20(2)8-6-11-9-12-5-7-19-17(21)16(12)15-10-13(18)3-4-14(11)15/h3-5,7,9-10H,6,8H2,1-2H3,(H,19,21). The first-order valence-electron chi connectivity index (χ1n) is 6.93. The van der Waals surface area contributed by atoms with E-state index in [1.54, 1.807) is 6.20 Å². The summed E-state index contributed by atoms with van der Waals surface area (Å²) < 4.78 is 0.990. The molecule has 1 heterocycles. The van der Waals surface area contributed by atoms with Crippen molar-refractivity contribution in [2.45, 2.75) is 6.42 Å². The molecule has 0 saturated carbocycles. The number of rotatable bonds is 3. The predicted octanol–water partition coefficient (Wildman–Crippen LogP) is 3.55. The van der Waals surface area contributed by atoms with Gasteiger partial charge in [0.25, 0.3) is 5.56 Å². The van der Waals surface area contributed by atoms with Gasteiger partial charge in [-0.05, 0) is 60.4 Å². The Bertz CT molecular complexity index is 868. The third-order valence-corrected chi connectivity index (χ3v) is 4.24. The van der Waals surface area contributed by atoms with E-state index >= 15 is 0 Å². The number of aromatic nitrogens is 1. The second kappa shape index (κ2) is 5.62. The lowest BCUT2D eigenvalue weighted by Gasteiger charge is -2.13. The molecule has 0 aliphatic rings. The number of hydrogen-bond acceptors (Lipinski definition) is 2. The predicted molar refractivity (Wildman–Crippen MR) is 92.0 cm³/mol. The van der Waals surface area contributed by atoms with Crippen LogP contribution in [0, 0.1) is 0 Å². The minimum atomic E-state index is -0.0326. The van der Waals surface area contributed by atoms with E-state index in [1.165, 1.54) is 5.56 Å². The molecule has 0 unspecified atom stereocenters. The molecule has 1 N–H and O–H groups in total. The molecule has 0 spiro atoms. The maximum absolute atomic E-state index is 12.2. The minimum Gasteiger partial charge on any atom is -0.329 e. The summed E-state index contributed by atoms with van der Waals surface area (Å²) in [5.74, 6) is 0. The second-order valence-corrected chi connectivity index (χ2v) is 6.47. The lowest BCUT2D eigenvalue weighted by atomic mass is 9.96. The molecule has 21 heavy (non-hydrogen) atoms. The zero-order valence-electron chi connectivity index (χ0n) is 12.1. The normalized spacial score (nSPS) is 11.6. The molecule has 0 bridgehead atoms. The Hall–Kier alpha value is -1.65. The maximum atomic E-state index is 12.2. The van der Waals surface area contributed by atoms with Gasteiger partial charge in [0.15, 0.2) is 0 Å². The SMILES string of the molecule is CN(C)CCc1cc2cc[nH]c(=O)c2c2cc(Br)ccc12. The second-order valence-electron chi connectivity index (χ2n) is 5.55. The van der Waals surface area contributed by atoms with E-state index in [2.05, 4.69) is 52.0 Å². The van der Waals surface area contributed by atoms with E-state index in [0.29, 0.717) is 0 Å². The third kappa shape index (κ3) is 2.74. The summed E-state index contributed by atoms with van der Waals surface area (Å²) in [6.07, 6.45) is 2.68. The molecule has 0 aliphatic heterocycles. The summed E-state index contributed by atoms with van der Waals surface area (Å²) in [6, 6.07) is 10.3. The number of halogens is 1. The Morgan fingerprint density at radius 1 is 1.14 bits per heavy atom. The first-order chi connectivity index (χ1) is 10.1. The zero-order chi connectivity index (χ0) is 15.0. The first-order valence-corrected chi connectivity index (χ1v) is 7.73. The molecular formula is C17H17BrN2O. The van der Waals surface area contributed by atoms with Crippen molar-refractivity contribution in [1.29, 1.82) is 0 Å². The van der Waals surface area contributed by atoms with E-state index in [1.807, 2.05) is 18.2 Å². The molecular weight excluding hydrogens is 328 g/mol. The van der Waals surface area contributed by atoms with Gasteiger partial charge in [0.2, 0.25) is 0 Å². The van der Waals surface area contributed by atoms with Crippen molar-refractivity contribution in [3.63, 3.8) is 0 Å². The van der Waals surface area contributed by atoms with Crippen LogP contribution in [0.2, 0.25) is 0 Å². The molecule has 0 atom stereocenters. The lowest BCUT2D eigenvalue weighted by molar-refractivity contribution is 0.414. The van der Waals surface area contributed by atoms with E-state index < -0.39 is 0 Å². The molecule has 3 aromatic rings. The van der Waals surface area contributed by atoms with Gasteiger partial charge in [-0.25, -0.2) is 0 Å². The van der Waals surface area contributed by atoms with E-state index in [0.717, 1.165) is 39.0 Å². The summed E-state index contributed by atoms with van der Waals surface area (Å²) >= 11 is 3.51. The fraction of sp³-hybridized carbons (Fsp3) is 0.235. The molecule has 3 nitrogen and oxygen atoms in total. The van der Waals surface area contributed by atoms with Crippen LogP contribution in [0.5, 0.6) is 0 Å². The molecule has 2 aromatic carbocycles. The van der Waals surface area contributed by atoms with Crippen LogP contribution in [0.25, 0.3) is 21.5 Å². The maximum Gasteiger partial charge on any atom is 0.256 e. The van der Waals surface area contributed by atoms with Crippen LogP contribution >= 0.6 is 15.9 Å². The van der Waals surface area contributed by atoms with Crippen LogP contribution in [-0.2, 0) is 6.42 Å². The summed E-state index contributed by atoms with van der Waals surface area (Å²) in [5.41, 5.74) is 1.25.